The Balaban J connectivity index is 1.60. The summed E-state index contributed by atoms with van der Waals surface area (Å²) in [7, 11) is -2.27. The van der Waals surface area contributed by atoms with Gasteiger partial charge in [0.15, 0.2) is 33.3 Å². The first-order chi connectivity index (χ1) is 21.3. The third-order valence-corrected chi connectivity index (χ3v) is 13.1. The number of hydrogen-bond donors (Lipinski definition) is 2. The van der Waals surface area contributed by atoms with Crippen LogP contribution in [0.4, 0.5) is 0 Å². The highest BCUT2D eigenvalue weighted by Crippen LogP contribution is 2.39. The third kappa shape index (κ3) is 8.31. The standard InChI is InChI=1S/C30H45N3O11Si/c1-8-14-37-29-26(40-17(2)34)25(22(35)19(41-29)16-39-45(6,7)30(3,4)5)44-28-21(32-33-31)23(36)24-20(42-28)15-38-27(43-24)18-12-10-9-11-13-18/h8-13,19-29,35-36H,1,14-16H2,2-7H3/t19-,20-,21-,22-,23-,24-,25+,26-,27?,28+,29+/m1/s1. The van der Waals surface area contributed by atoms with Crippen molar-refractivity contribution in [2.45, 2.75) is 113 Å². The number of hydrogen-bond acceptors (Lipinski definition) is 12. The van der Waals surface area contributed by atoms with Crippen molar-refractivity contribution in [2.24, 2.45) is 5.11 Å². The molecule has 1 aromatic rings. The summed E-state index contributed by atoms with van der Waals surface area (Å²) >= 11 is 0. The predicted molar refractivity (Wildman–Crippen MR) is 162 cm³/mol. The van der Waals surface area contributed by atoms with Crippen LogP contribution in [-0.2, 0) is 42.4 Å². The number of rotatable bonds is 11. The predicted octanol–water partition coefficient (Wildman–Crippen LogP) is 3.49. The van der Waals surface area contributed by atoms with Crippen LogP contribution >= 0.6 is 0 Å². The molecule has 1 unspecified atom stereocenters. The minimum atomic E-state index is -2.27. The van der Waals surface area contributed by atoms with Gasteiger partial charge in [0, 0.05) is 17.4 Å². The first kappa shape index (κ1) is 35.5. The zero-order valence-corrected chi connectivity index (χ0v) is 27.6. The maximum absolute atomic E-state index is 12.2. The lowest BCUT2D eigenvalue weighted by molar-refractivity contribution is -0.370. The Hall–Kier alpha value is -2.40. The van der Waals surface area contributed by atoms with Crippen LogP contribution in [0.25, 0.3) is 10.4 Å². The first-order valence-corrected chi connectivity index (χ1v) is 17.9. The number of esters is 1. The summed E-state index contributed by atoms with van der Waals surface area (Å²) in [5, 5.41) is 26.6. The van der Waals surface area contributed by atoms with Crippen molar-refractivity contribution < 1.29 is 52.6 Å². The lowest BCUT2D eigenvalue weighted by atomic mass is 9.95. The van der Waals surface area contributed by atoms with Gasteiger partial charge in [0.25, 0.3) is 0 Å². The molecule has 0 aliphatic carbocycles. The van der Waals surface area contributed by atoms with E-state index in [9.17, 15) is 20.5 Å². The molecule has 0 bridgehead atoms. The van der Waals surface area contributed by atoms with Gasteiger partial charge >= 0.3 is 5.97 Å². The molecule has 3 heterocycles. The van der Waals surface area contributed by atoms with Crippen LogP contribution in [-0.4, -0.2) is 106 Å². The SMILES string of the molecule is C=CCO[C@H]1O[C@H](CO[Si](C)(C)C(C)(C)C)[C@@H](O)[C@H](O[C@@H]2O[C@@H]3COC(c4ccccc4)O[C@H]3[C@H](O)[C@H]2N=[N+]=[N-])[C@H]1OC(C)=O. The zero-order chi connectivity index (χ0) is 32.9. The molecule has 0 saturated carbocycles. The molecule has 0 aromatic heterocycles. The largest absolute Gasteiger partial charge is 0.454 e. The second kappa shape index (κ2) is 15.0. The van der Waals surface area contributed by atoms with Crippen LogP contribution < -0.4 is 0 Å². The summed E-state index contributed by atoms with van der Waals surface area (Å²) < 4.78 is 48.2. The molecule has 2 N–H and O–H groups in total. The van der Waals surface area contributed by atoms with Gasteiger partial charge in [-0.1, -0.05) is 62.3 Å². The number of carbonyl (C=O) groups excluding carboxylic acids is 1. The van der Waals surface area contributed by atoms with Crippen LogP contribution in [0.2, 0.25) is 18.1 Å². The van der Waals surface area contributed by atoms with Crippen molar-refractivity contribution in [3.63, 3.8) is 0 Å². The molecule has 3 fully saturated rings. The molecule has 250 valence electrons. The summed E-state index contributed by atoms with van der Waals surface area (Å²) in [4.78, 5) is 15.1. The van der Waals surface area contributed by atoms with Gasteiger partial charge in [-0.05, 0) is 23.7 Å². The van der Waals surface area contributed by atoms with E-state index < -0.39 is 81.9 Å². The summed E-state index contributed by atoms with van der Waals surface area (Å²) in [6.07, 6.45) is -9.89. The maximum atomic E-state index is 12.2. The number of benzene rings is 1. The van der Waals surface area contributed by atoms with E-state index >= 15 is 0 Å². The van der Waals surface area contributed by atoms with Gasteiger partial charge in [-0.25, -0.2) is 0 Å². The van der Waals surface area contributed by atoms with E-state index in [0.717, 1.165) is 5.56 Å². The second-order valence-electron chi connectivity index (χ2n) is 12.8. The highest BCUT2D eigenvalue weighted by atomic mass is 28.4. The summed E-state index contributed by atoms with van der Waals surface area (Å²) in [5.41, 5.74) is 10.1. The Labute approximate surface area is 264 Å². The monoisotopic (exact) mass is 651 g/mol. The number of azide groups is 1. The second-order valence-corrected chi connectivity index (χ2v) is 17.6. The number of nitrogens with zero attached hydrogens (tertiary/aromatic N) is 3. The Morgan fingerprint density at radius 2 is 1.84 bits per heavy atom. The molecular formula is C30H45N3O11Si. The van der Waals surface area contributed by atoms with Crippen molar-refractivity contribution in [1.29, 1.82) is 0 Å². The van der Waals surface area contributed by atoms with Crippen LogP contribution in [0, 0.1) is 0 Å². The fraction of sp³-hybridized carbons (Fsp3) is 0.700. The van der Waals surface area contributed by atoms with Gasteiger partial charge in [-0.2, -0.15) is 0 Å². The van der Waals surface area contributed by atoms with Crippen molar-refractivity contribution >= 4 is 14.3 Å². The lowest BCUT2D eigenvalue weighted by Gasteiger charge is -2.49. The van der Waals surface area contributed by atoms with Gasteiger partial charge in [0.1, 0.15) is 36.6 Å². The summed E-state index contributed by atoms with van der Waals surface area (Å²) in [5.74, 6) is -0.676. The number of ether oxygens (including phenoxy) is 7. The van der Waals surface area contributed by atoms with Gasteiger partial charge in [-0.15, -0.1) is 6.58 Å². The molecule has 14 nitrogen and oxygen atoms in total. The van der Waals surface area contributed by atoms with E-state index in [-0.39, 0.29) is 24.9 Å². The number of aliphatic hydroxyl groups excluding tert-OH is 2. The Bertz CT molecular complexity index is 1200. The average Bonchev–Trinajstić information content (AvgIpc) is 2.99. The van der Waals surface area contributed by atoms with Crippen molar-refractivity contribution in [1.82, 2.24) is 0 Å². The fourth-order valence-electron chi connectivity index (χ4n) is 5.11. The quantitative estimate of drug-likeness (QED) is 0.0893. The normalized spacial score (nSPS) is 35.5. The first-order valence-electron chi connectivity index (χ1n) is 15.0. The van der Waals surface area contributed by atoms with E-state index in [1.54, 1.807) is 0 Å². The van der Waals surface area contributed by atoms with Crippen molar-refractivity contribution in [2.75, 3.05) is 19.8 Å². The van der Waals surface area contributed by atoms with Gasteiger partial charge in [-0.3, -0.25) is 4.79 Å². The van der Waals surface area contributed by atoms with E-state index in [2.05, 4.69) is 50.5 Å². The van der Waals surface area contributed by atoms with E-state index in [4.69, 9.17) is 37.6 Å². The third-order valence-electron chi connectivity index (χ3n) is 8.59. The minimum absolute atomic E-state index is 0.000557. The van der Waals surface area contributed by atoms with Crippen LogP contribution in [0.5, 0.6) is 0 Å². The fourth-order valence-corrected chi connectivity index (χ4v) is 6.13. The molecule has 1 aromatic carbocycles. The highest BCUT2D eigenvalue weighted by molar-refractivity contribution is 6.74. The zero-order valence-electron chi connectivity index (χ0n) is 26.6. The minimum Gasteiger partial charge on any atom is -0.454 e. The number of fused-ring (bicyclic) bond motifs is 1. The molecule has 45 heavy (non-hydrogen) atoms. The van der Waals surface area contributed by atoms with Crippen LogP contribution in [0.15, 0.2) is 48.1 Å². The molecular weight excluding hydrogens is 606 g/mol. The molecule has 0 radical (unpaired) electrons. The molecule has 0 amide bonds. The molecule has 0 spiro atoms. The van der Waals surface area contributed by atoms with Gasteiger partial charge in [0.05, 0.1) is 25.9 Å². The number of aliphatic hydroxyl groups is 2. The molecule has 15 heteroatoms. The summed E-state index contributed by atoms with van der Waals surface area (Å²) in [6, 6.07) is 7.89. The van der Waals surface area contributed by atoms with E-state index in [1.807, 2.05) is 30.3 Å². The van der Waals surface area contributed by atoms with Gasteiger partial charge in [0.2, 0.25) is 0 Å². The average molecular weight is 652 g/mol. The molecule has 3 aliphatic heterocycles. The van der Waals surface area contributed by atoms with E-state index in [0.29, 0.717) is 0 Å². The Kier molecular flexibility index (Phi) is 11.8. The van der Waals surface area contributed by atoms with Crippen LogP contribution in [0.1, 0.15) is 39.5 Å². The molecule has 4 rings (SSSR count). The Morgan fingerprint density at radius 3 is 2.47 bits per heavy atom. The molecule has 11 atom stereocenters. The van der Waals surface area contributed by atoms with Crippen molar-refractivity contribution in [3.05, 3.63) is 59.0 Å². The van der Waals surface area contributed by atoms with Crippen LogP contribution in [0.3, 0.4) is 0 Å². The highest BCUT2D eigenvalue weighted by Gasteiger charge is 2.55. The maximum Gasteiger partial charge on any atom is 0.303 e. The smallest absolute Gasteiger partial charge is 0.303 e. The Morgan fingerprint density at radius 1 is 1.13 bits per heavy atom. The van der Waals surface area contributed by atoms with E-state index in [1.165, 1.54) is 13.0 Å². The molecule has 3 aliphatic rings. The molecule has 3 saturated heterocycles. The topological polar surface area (TPSA) is 180 Å². The van der Waals surface area contributed by atoms with Crippen molar-refractivity contribution in [3.8, 4) is 0 Å². The summed E-state index contributed by atoms with van der Waals surface area (Å²) in [6.45, 7) is 15.3. The number of carbonyl (C=O) groups is 1. The lowest BCUT2D eigenvalue weighted by Crippen LogP contribution is -2.66. The van der Waals surface area contributed by atoms with Gasteiger partial charge < -0.3 is 47.8 Å².